The summed E-state index contributed by atoms with van der Waals surface area (Å²) >= 11 is 0. The van der Waals surface area contributed by atoms with E-state index < -0.39 is 0 Å². The molecule has 0 aliphatic rings. The fraction of sp³-hybridized carbons (Fsp3) is 0.0435. The summed E-state index contributed by atoms with van der Waals surface area (Å²) in [4.78, 5) is 17.0. The molecule has 0 fully saturated rings. The van der Waals surface area contributed by atoms with Crippen LogP contribution in [0.3, 0.4) is 0 Å². The Bertz CT molecular complexity index is 1140. The minimum atomic E-state index is -0.205. The van der Waals surface area contributed by atoms with Gasteiger partial charge in [0.2, 0.25) is 0 Å². The third-order valence-corrected chi connectivity index (χ3v) is 4.46. The predicted octanol–water partition coefficient (Wildman–Crippen LogP) is 4.52. The van der Waals surface area contributed by atoms with Gasteiger partial charge < -0.3 is 4.57 Å². The van der Waals surface area contributed by atoms with Crippen LogP contribution in [0.5, 0.6) is 0 Å². The van der Waals surface area contributed by atoms with E-state index >= 15 is 0 Å². The number of nitrogens with zero attached hydrogens (tertiary/aromatic N) is 2. The van der Waals surface area contributed by atoms with Crippen LogP contribution in [-0.2, 0) is 7.05 Å². The second-order valence-electron chi connectivity index (χ2n) is 6.15. The maximum atomic E-state index is 12.6. The van der Waals surface area contributed by atoms with Crippen LogP contribution in [0.2, 0.25) is 0 Å². The Balaban J connectivity index is 2.02. The minimum absolute atomic E-state index is 0.205. The average Bonchev–Trinajstić information content (AvgIpc) is 2.71. The maximum Gasteiger partial charge on any atom is 0.281 e. The van der Waals surface area contributed by atoms with Crippen LogP contribution < -0.4 is 5.56 Å². The van der Waals surface area contributed by atoms with Crippen molar-refractivity contribution in [2.24, 2.45) is 7.05 Å². The molecule has 1 aromatic heterocycles. The molecule has 26 heavy (non-hydrogen) atoms. The fourth-order valence-corrected chi connectivity index (χ4v) is 3.14. The zero-order valence-corrected chi connectivity index (χ0v) is 14.5. The topological polar surface area (TPSA) is 34.9 Å². The molecule has 0 N–H and O–H groups in total. The van der Waals surface area contributed by atoms with E-state index in [4.69, 9.17) is 0 Å². The molecule has 0 saturated carbocycles. The predicted molar refractivity (Wildman–Crippen MR) is 107 cm³/mol. The molecule has 3 heteroatoms. The van der Waals surface area contributed by atoms with E-state index in [-0.39, 0.29) is 5.56 Å². The summed E-state index contributed by atoms with van der Waals surface area (Å²) in [6, 6.07) is 27.7. The van der Waals surface area contributed by atoms with Crippen LogP contribution in [0.15, 0.2) is 89.7 Å². The van der Waals surface area contributed by atoms with E-state index in [0.29, 0.717) is 11.2 Å². The van der Waals surface area contributed by atoms with Crippen LogP contribution in [0.25, 0.3) is 22.6 Å². The second kappa shape index (κ2) is 6.81. The summed E-state index contributed by atoms with van der Waals surface area (Å²) in [7, 11) is 1.95. The molecule has 0 spiro atoms. The molecule has 4 aromatic rings. The van der Waals surface area contributed by atoms with Crippen molar-refractivity contribution in [3.63, 3.8) is 0 Å². The highest BCUT2D eigenvalue weighted by Crippen LogP contribution is 2.25. The molecule has 0 bridgehead atoms. The van der Waals surface area contributed by atoms with Gasteiger partial charge in [0, 0.05) is 12.6 Å². The number of aryl methyl sites for hydroxylation is 1. The molecular weight excluding hydrogens is 320 g/mol. The largest absolute Gasteiger partial charge is 0.328 e. The van der Waals surface area contributed by atoms with Gasteiger partial charge in [0.05, 0.1) is 10.9 Å². The monoisotopic (exact) mass is 338 g/mol. The molecule has 3 nitrogen and oxygen atoms in total. The number of hydrogen-bond donors (Lipinski definition) is 0. The summed E-state index contributed by atoms with van der Waals surface area (Å²) in [5.41, 5.74) is 3.67. The van der Waals surface area contributed by atoms with Crippen LogP contribution >= 0.6 is 0 Å². The third-order valence-electron chi connectivity index (χ3n) is 4.46. The number of para-hydroxylation sites is 1. The highest BCUT2D eigenvalue weighted by molar-refractivity contribution is 5.91. The Morgan fingerprint density at radius 1 is 0.846 bits per heavy atom. The first-order valence-corrected chi connectivity index (χ1v) is 8.52. The SMILES string of the molecule is Cn1c(C(=Cc2ccccc2)c2ccccc2)nc(=O)c2ccccc21. The van der Waals surface area contributed by atoms with Crippen molar-refractivity contribution in [1.29, 1.82) is 0 Å². The molecule has 126 valence electrons. The molecule has 0 aliphatic heterocycles. The van der Waals surface area contributed by atoms with Gasteiger partial charge in [-0.3, -0.25) is 4.79 Å². The van der Waals surface area contributed by atoms with E-state index in [1.807, 2.05) is 96.5 Å². The highest BCUT2D eigenvalue weighted by atomic mass is 16.1. The molecule has 0 radical (unpaired) electrons. The van der Waals surface area contributed by atoms with Gasteiger partial charge in [-0.25, -0.2) is 0 Å². The van der Waals surface area contributed by atoms with Gasteiger partial charge in [-0.1, -0.05) is 72.8 Å². The van der Waals surface area contributed by atoms with Crippen LogP contribution in [-0.4, -0.2) is 9.55 Å². The highest BCUT2D eigenvalue weighted by Gasteiger charge is 2.13. The van der Waals surface area contributed by atoms with Crippen molar-refractivity contribution in [2.45, 2.75) is 0 Å². The van der Waals surface area contributed by atoms with E-state index in [9.17, 15) is 4.79 Å². The summed E-state index contributed by atoms with van der Waals surface area (Å²) in [5, 5.41) is 0.630. The van der Waals surface area contributed by atoms with Gasteiger partial charge in [0.1, 0.15) is 5.82 Å². The number of aromatic nitrogens is 2. The minimum Gasteiger partial charge on any atom is -0.328 e. The van der Waals surface area contributed by atoms with Crippen molar-refractivity contribution in [2.75, 3.05) is 0 Å². The Morgan fingerprint density at radius 3 is 2.19 bits per heavy atom. The lowest BCUT2D eigenvalue weighted by atomic mass is 10.0. The number of fused-ring (bicyclic) bond motifs is 1. The van der Waals surface area contributed by atoms with Crippen LogP contribution in [0.4, 0.5) is 0 Å². The smallest absolute Gasteiger partial charge is 0.281 e. The first-order valence-electron chi connectivity index (χ1n) is 8.52. The number of hydrogen-bond acceptors (Lipinski definition) is 2. The van der Waals surface area contributed by atoms with Gasteiger partial charge in [0.25, 0.3) is 5.56 Å². The second-order valence-corrected chi connectivity index (χ2v) is 6.15. The Kier molecular flexibility index (Phi) is 4.20. The lowest BCUT2D eigenvalue weighted by molar-refractivity contribution is 0.876. The van der Waals surface area contributed by atoms with E-state index in [2.05, 4.69) is 11.1 Å². The zero-order chi connectivity index (χ0) is 17.9. The summed E-state index contributed by atoms with van der Waals surface area (Å²) in [6.07, 6.45) is 2.08. The standard InChI is InChI=1S/C23H18N2O/c1-25-21-15-9-8-14-19(21)23(26)24-22(25)20(18-12-6-3-7-13-18)16-17-10-4-2-5-11-17/h2-16H,1H3. The van der Waals surface area contributed by atoms with Crippen molar-refractivity contribution in [1.82, 2.24) is 9.55 Å². The molecule has 0 aliphatic carbocycles. The number of rotatable bonds is 3. The van der Waals surface area contributed by atoms with Gasteiger partial charge >= 0.3 is 0 Å². The summed E-state index contributed by atoms with van der Waals surface area (Å²) in [6.45, 7) is 0. The van der Waals surface area contributed by atoms with E-state index in [1.165, 1.54) is 0 Å². The lowest BCUT2D eigenvalue weighted by Crippen LogP contribution is -2.17. The molecule has 0 unspecified atom stereocenters. The van der Waals surface area contributed by atoms with Crippen molar-refractivity contribution in [3.05, 3.63) is 112 Å². The molecule has 3 aromatic carbocycles. The Morgan fingerprint density at radius 2 is 1.46 bits per heavy atom. The maximum absolute atomic E-state index is 12.6. The first kappa shape index (κ1) is 16.0. The van der Waals surface area contributed by atoms with E-state index in [1.54, 1.807) is 0 Å². The van der Waals surface area contributed by atoms with Crippen molar-refractivity contribution >= 4 is 22.6 Å². The van der Waals surface area contributed by atoms with Gasteiger partial charge in [-0.15, -0.1) is 0 Å². The van der Waals surface area contributed by atoms with Gasteiger partial charge in [-0.05, 0) is 29.3 Å². The first-order chi connectivity index (χ1) is 12.7. The Labute approximate surface area is 151 Å². The van der Waals surface area contributed by atoms with E-state index in [0.717, 1.165) is 22.2 Å². The van der Waals surface area contributed by atoms with Crippen LogP contribution in [0.1, 0.15) is 17.0 Å². The normalized spacial score (nSPS) is 11.7. The molecular formula is C23H18N2O. The third kappa shape index (κ3) is 2.95. The Hall–Kier alpha value is -3.46. The quantitative estimate of drug-likeness (QED) is 0.515. The van der Waals surface area contributed by atoms with Crippen LogP contribution in [0, 0.1) is 0 Å². The van der Waals surface area contributed by atoms with Crippen molar-refractivity contribution < 1.29 is 0 Å². The lowest BCUT2D eigenvalue weighted by Gasteiger charge is -2.14. The molecule has 4 rings (SSSR count). The van der Waals surface area contributed by atoms with Gasteiger partial charge in [-0.2, -0.15) is 4.98 Å². The molecule has 0 atom stereocenters. The fourth-order valence-electron chi connectivity index (χ4n) is 3.14. The average molecular weight is 338 g/mol. The van der Waals surface area contributed by atoms with Gasteiger partial charge in [0.15, 0.2) is 0 Å². The molecule has 1 heterocycles. The number of benzene rings is 3. The molecule has 0 amide bonds. The molecule has 0 saturated heterocycles. The zero-order valence-electron chi connectivity index (χ0n) is 14.5. The van der Waals surface area contributed by atoms with Crippen molar-refractivity contribution in [3.8, 4) is 0 Å². The summed E-state index contributed by atoms with van der Waals surface area (Å²) in [5.74, 6) is 0.656. The summed E-state index contributed by atoms with van der Waals surface area (Å²) < 4.78 is 1.98.